The van der Waals surface area contributed by atoms with Gasteiger partial charge in [0.05, 0.1) is 12.0 Å². The molecule has 6 fully saturated rings. The zero-order chi connectivity index (χ0) is 31.8. The monoisotopic (exact) mass is 618 g/mol. The largest absolute Gasteiger partial charge is 0.389 e. The van der Waals surface area contributed by atoms with Crippen LogP contribution in [-0.4, -0.2) is 120 Å². The van der Waals surface area contributed by atoms with Gasteiger partial charge in [-0.25, -0.2) is 0 Å². The van der Waals surface area contributed by atoms with E-state index in [-0.39, 0.29) is 5.91 Å². The van der Waals surface area contributed by atoms with Crippen LogP contribution < -0.4 is 5.32 Å². The lowest BCUT2D eigenvalue weighted by atomic mass is 9.66. The number of amides is 1. The van der Waals surface area contributed by atoms with E-state index in [0.717, 1.165) is 56.5 Å². The van der Waals surface area contributed by atoms with Gasteiger partial charge in [0, 0.05) is 44.3 Å². The smallest absolute Gasteiger partial charge is 0.225 e. The molecular formula is C37H71N5O2. The first kappa shape index (κ1) is 36.1. The van der Waals surface area contributed by atoms with Crippen molar-refractivity contribution in [2.75, 3.05) is 65.4 Å². The fourth-order valence-electron chi connectivity index (χ4n) is 9.07. The van der Waals surface area contributed by atoms with Crippen molar-refractivity contribution in [3.8, 4) is 0 Å². The number of aliphatic hydroxyl groups is 1. The van der Waals surface area contributed by atoms with Crippen LogP contribution in [0.2, 0.25) is 0 Å². The highest BCUT2D eigenvalue weighted by molar-refractivity contribution is 5.77. The van der Waals surface area contributed by atoms with Crippen LogP contribution in [0, 0.1) is 10.8 Å². The van der Waals surface area contributed by atoms with Gasteiger partial charge in [-0.3, -0.25) is 9.69 Å². The van der Waals surface area contributed by atoms with Crippen molar-refractivity contribution in [2.45, 2.75) is 155 Å². The SMILES string of the molecule is CC.CC(C)N1CC2(CCC(N3CCCCC3)CC2)C1.CC(C)N1CCC2(CCN(C(=O)CC3(O)CCNCC3)CC2)CC1. The predicted octanol–water partition coefficient (Wildman–Crippen LogP) is 5.76. The third-order valence-electron chi connectivity index (χ3n) is 12.5. The highest BCUT2D eigenvalue weighted by Gasteiger charge is 2.46. The molecule has 44 heavy (non-hydrogen) atoms. The van der Waals surface area contributed by atoms with Gasteiger partial charge < -0.3 is 25.1 Å². The number of carbonyl (C=O) groups is 1. The normalized spacial score (nSPS) is 27.8. The second kappa shape index (κ2) is 16.4. The first-order chi connectivity index (χ1) is 21.1. The predicted molar refractivity (Wildman–Crippen MR) is 184 cm³/mol. The molecule has 5 aliphatic heterocycles. The van der Waals surface area contributed by atoms with E-state index in [1.54, 1.807) is 0 Å². The van der Waals surface area contributed by atoms with Crippen LogP contribution in [-0.2, 0) is 4.79 Å². The Kier molecular flexibility index (Phi) is 13.5. The number of nitrogens with one attached hydrogen (secondary N) is 1. The van der Waals surface area contributed by atoms with E-state index in [1.807, 2.05) is 18.7 Å². The van der Waals surface area contributed by atoms with Gasteiger partial charge in [-0.05, 0) is 155 Å². The number of likely N-dealkylation sites (tertiary alicyclic amines) is 4. The Morgan fingerprint density at radius 2 is 1.23 bits per heavy atom. The van der Waals surface area contributed by atoms with Gasteiger partial charge in [0.1, 0.15) is 0 Å². The third kappa shape index (κ3) is 9.42. The Morgan fingerprint density at radius 3 is 1.75 bits per heavy atom. The Morgan fingerprint density at radius 1 is 0.705 bits per heavy atom. The van der Waals surface area contributed by atoms with E-state index >= 15 is 0 Å². The van der Waals surface area contributed by atoms with E-state index in [9.17, 15) is 9.90 Å². The first-order valence-electron chi connectivity index (χ1n) is 19.0. The number of carbonyl (C=O) groups excluding carboxylic acids is 1. The van der Waals surface area contributed by atoms with Gasteiger partial charge in [0.15, 0.2) is 0 Å². The molecule has 2 N–H and O–H groups in total. The maximum Gasteiger partial charge on any atom is 0.225 e. The lowest BCUT2D eigenvalue weighted by molar-refractivity contribution is -0.140. The molecule has 7 heteroatoms. The summed E-state index contributed by atoms with van der Waals surface area (Å²) < 4.78 is 0. The molecule has 0 aromatic heterocycles. The van der Waals surface area contributed by atoms with Crippen LogP contribution in [0.1, 0.15) is 131 Å². The maximum absolute atomic E-state index is 12.6. The van der Waals surface area contributed by atoms with Crippen molar-refractivity contribution >= 4 is 5.91 Å². The van der Waals surface area contributed by atoms with Crippen molar-refractivity contribution < 1.29 is 9.90 Å². The average Bonchev–Trinajstić information content (AvgIpc) is 3.02. The van der Waals surface area contributed by atoms with E-state index < -0.39 is 5.60 Å². The summed E-state index contributed by atoms with van der Waals surface area (Å²) >= 11 is 0. The molecule has 6 aliphatic rings. The molecule has 0 aromatic carbocycles. The molecule has 7 nitrogen and oxygen atoms in total. The minimum atomic E-state index is -0.778. The zero-order valence-corrected chi connectivity index (χ0v) is 29.8. The van der Waals surface area contributed by atoms with E-state index in [4.69, 9.17) is 0 Å². The fourth-order valence-corrected chi connectivity index (χ4v) is 9.07. The van der Waals surface area contributed by atoms with Crippen molar-refractivity contribution in [3.63, 3.8) is 0 Å². The summed E-state index contributed by atoms with van der Waals surface area (Å²) in [7, 11) is 0. The van der Waals surface area contributed by atoms with Gasteiger partial charge in [-0.2, -0.15) is 0 Å². The Balaban J connectivity index is 0.000000197. The second-order valence-corrected chi connectivity index (χ2v) is 16.0. The molecule has 0 unspecified atom stereocenters. The highest BCUT2D eigenvalue weighted by atomic mass is 16.3. The number of nitrogens with zero attached hydrogens (tertiary/aromatic N) is 4. The molecule has 5 heterocycles. The van der Waals surface area contributed by atoms with Crippen LogP contribution in [0.25, 0.3) is 0 Å². The zero-order valence-electron chi connectivity index (χ0n) is 29.8. The molecule has 256 valence electrons. The minimum Gasteiger partial charge on any atom is -0.389 e. The maximum atomic E-state index is 12.6. The molecule has 0 bridgehead atoms. The Hall–Kier alpha value is -0.730. The molecule has 5 saturated heterocycles. The number of rotatable bonds is 5. The minimum absolute atomic E-state index is 0.161. The van der Waals surface area contributed by atoms with Crippen LogP contribution >= 0.6 is 0 Å². The third-order valence-corrected chi connectivity index (χ3v) is 12.5. The summed E-state index contributed by atoms with van der Waals surface area (Å²) in [6.45, 7) is 24.6. The topological polar surface area (TPSA) is 62.3 Å². The van der Waals surface area contributed by atoms with Gasteiger partial charge >= 0.3 is 0 Å². The molecule has 0 aromatic rings. The van der Waals surface area contributed by atoms with Gasteiger partial charge in [-0.1, -0.05) is 20.3 Å². The molecule has 1 aliphatic carbocycles. The van der Waals surface area contributed by atoms with Crippen molar-refractivity contribution in [3.05, 3.63) is 0 Å². The number of hydrogen-bond acceptors (Lipinski definition) is 6. The molecule has 6 rings (SSSR count). The summed E-state index contributed by atoms with van der Waals surface area (Å²) in [5, 5.41) is 13.9. The highest BCUT2D eigenvalue weighted by Crippen LogP contribution is 2.46. The van der Waals surface area contributed by atoms with E-state index in [2.05, 4.69) is 47.7 Å². The fraction of sp³-hybridized carbons (Fsp3) is 0.973. The Labute approximate surface area is 271 Å². The van der Waals surface area contributed by atoms with E-state index in [0.29, 0.717) is 30.7 Å². The van der Waals surface area contributed by atoms with Gasteiger partial charge in [-0.15, -0.1) is 0 Å². The Bertz CT molecular complexity index is 832. The summed E-state index contributed by atoms with van der Waals surface area (Å²) in [5.74, 6) is 0.161. The number of hydrogen-bond donors (Lipinski definition) is 2. The van der Waals surface area contributed by atoms with Crippen LogP contribution in [0.15, 0.2) is 0 Å². The number of piperidine rings is 4. The van der Waals surface area contributed by atoms with Crippen molar-refractivity contribution in [2.24, 2.45) is 10.8 Å². The molecule has 0 atom stereocenters. The van der Waals surface area contributed by atoms with E-state index in [1.165, 1.54) is 97.1 Å². The standard InChI is InChI=1S/C19H35N3O2.C16H30N2.C2H6/c1-16(2)21-11-5-18(6-12-21)7-13-22(14-8-18)17(23)15-19(24)3-9-20-10-4-19;1-14(2)18-12-16(13-18)8-6-15(7-9-16)17-10-4-3-5-11-17;1-2/h16,20,24H,3-15H2,1-2H3;14-15H,3-13H2,1-2H3;1-2H3. The summed E-state index contributed by atoms with van der Waals surface area (Å²) in [6, 6.07) is 2.34. The average molecular weight is 618 g/mol. The summed E-state index contributed by atoms with van der Waals surface area (Å²) in [4.78, 5) is 22.7. The molecule has 0 radical (unpaired) electrons. The molecule has 2 spiro atoms. The van der Waals surface area contributed by atoms with Crippen LogP contribution in [0.4, 0.5) is 0 Å². The van der Waals surface area contributed by atoms with Crippen LogP contribution in [0.5, 0.6) is 0 Å². The quantitative estimate of drug-likeness (QED) is 0.410. The first-order valence-corrected chi connectivity index (χ1v) is 19.0. The molecular weight excluding hydrogens is 546 g/mol. The van der Waals surface area contributed by atoms with Crippen LogP contribution in [0.3, 0.4) is 0 Å². The molecule has 1 amide bonds. The summed E-state index contributed by atoms with van der Waals surface area (Å²) in [5.41, 5.74) is 0.421. The van der Waals surface area contributed by atoms with Crippen molar-refractivity contribution in [1.29, 1.82) is 0 Å². The van der Waals surface area contributed by atoms with Gasteiger partial charge in [0.25, 0.3) is 0 Å². The lowest BCUT2D eigenvalue weighted by Crippen LogP contribution is -2.60. The van der Waals surface area contributed by atoms with Gasteiger partial charge in [0.2, 0.25) is 5.91 Å². The lowest BCUT2D eigenvalue weighted by Gasteiger charge is -2.56. The molecule has 1 saturated carbocycles. The van der Waals surface area contributed by atoms with Crippen molar-refractivity contribution in [1.82, 2.24) is 24.9 Å². The summed E-state index contributed by atoms with van der Waals surface area (Å²) in [6.07, 6.45) is 16.9. The second-order valence-electron chi connectivity index (χ2n) is 16.0.